The minimum atomic E-state index is -4.06. The molecule has 0 saturated heterocycles. The van der Waals surface area contributed by atoms with E-state index in [-0.39, 0.29) is 11.4 Å². The summed E-state index contributed by atoms with van der Waals surface area (Å²) < 4.78 is 41.1. The van der Waals surface area contributed by atoms with Crippen LogP contribution in [-0.2, 0) is 17.1 Å². The van der Waals surface area contributed by atoms with Crippen LogP contribution < -0.4 is 10.5 Å². The van der Waals surface area contributed by atoms with E-state index in [0.29, 0.717) is 0 Å². The summed E-state index contributed by atoms with van der Waals surface area (Å²) in [5, 5.41) is 3.80. The van der Waals surface area contributed by atoms with Crippen LogP contribution in [-0.4, -0.2) is 18.2 Å². The number of hydrogen-bond acceptors (Lipinski definition) is 4. The number of aromatic nitrogens is 2. The number of benzene rings is 1. The molecule has 8 heteroatoms. The number of nitrogen functional groups attached to an aromatic ring is 1. The van der Waals surface area contributed by atoms with E-state index in [1.54, 1.807) is 7.05 Å². The summed E-state index contributed by atoms with van der Waals surface area (Å²) in [5.41, 5.74) is 5.58. The maximum atomic E-state index is 13.5. The van der Waals surface area contributed by atoms with Crippen molar-refractivity contribution in [3.8, 4) is 0 Å². The van der Waals surface area contributed by atoms with Crippen molar-refractivity contribution in [2.75, 3.05) is 10.5 Å². The number of anilines is 2. The summed E-state index contributed by atoms with van der Waals surface area (Å²) >= 11 is 0. The third-order valence-electron chi connectivity index (χ3n) is 2.22. The van der Waals surface area contributed by atoms with Gasteiger partial charge >= 0.3 is 0 Å². The molecule has 0 aliphatic carbocycles. The molecular formula is C10H11FN4O2S. The van der Waals surface area contributed by atoms with Gasteiger partial charge in [-0.05, 0) is 12.1 Å². The van der Waals surface area contributed by atoms with Crippen LogP contribution in [0.15, 0.2) is 35.5 Å². The Bertz CT molecular complexity index is 661. The van der Waals surface area contributed by atoms with Crippen LogP contribution >= 0.6 is 0 Å². The van der Waals surface area contributed by atoms with Crippen LogP contribution in [0.25, 0.3) is 0 Å². The van der Waals surface area contributed by atoms with Gasteiger partial charge in [0, 0.05) is 13.2 Å². The lowest BCUT2D eigenvalue weighted by Gasteiger charge is -2.09. The van der Waals surface area contributed by atoms with Gasteiger partial charge in [0.05, 0.1) is 17.6 Å². The summed E-state index contributed by atoms with van der Waals surface area (Å²) in [7, 11) is -2.43. The average molecular weight is 270 g/mol. The van der Waals surface area contributed by atoms with E-state index in [1.165, 1.54) is 29.2 Å². The van der Waals surface area contributed by atoms with E-state index in [1.807, 2.05) is 0 Å². The lowest BCUT2D eigenvalue weighted by molar-refractivity contribution is 0.572. The molecule has 0 saturated carbocycles. The van der Waals surface area contributed by atoms with Crippen LogP contribution in [0.5, 0.6) is 0 Å². The van der Waals surface area contributed by atoms with E-state index in [4.69, 9.17) is 5.73 Å². The van der Waals surface area contributed by atoms with Gasteiger partial charge in [0.1, 0.15) is 10.7 Å². The quantitative estimate of drug-likeness (QED) is 0.812. The van der Waals surface area contributed by atoms with Crippen molar-refractivity contribution in [3.63, 3.8) is 0 Å². The summed E-state index contributed by atoms with van der Waals surface area (Å²) in [6.07, 6.45) is 2.77. The molecule has 96 valence electrons. The number of halogens is 1. The fraction of sp³-hybridized carbons (Fsp3) is 0.100. The van der Waals surface area contributed by atoms with Crippen molar-refractivity contribution >= 4 is 21.4 Å². The molecular weight excluding hydrogens is 259 g/mol. The van der Waals surface area contributed by atoms with E-state index < -0.39 is 20.7 Å². The first-order chi connectivity index (χ1) is 8.40. The van der Waals surface area contributed by atoms with Gasteiger partial charge in [-0.15, -0.1) is 0 Å². The van der Waals surface area contributed by atoms with Crippen molar-refractivity contribution in [2.45, 2.75) is 4.90 Å². The summed E-state index contributed by atoms with van der Waals surface area (Å²) in [5.74, 6) is -0.897. The molecule has 0 aliphatic heterocycles. The number of hydrogen-bond donors (Lipinski definition) is 2. The van der Waals surface area contributed by atoms with Crippen molar-refractivity contribution in [2.24, 2.45) is 7.05 Å². The van der Waals surface area contributed by atoms with E-state index in [2.05, 4.69) is 9.82 Å². The second kappa shape index (κ2) is 4.30. The molecule has 0 unspecified atom stereocenters. The fourth-order valence-electron chi connectivity index (χ4n) is 1.49. The van der Waals surface area contributed by atoms with Gasteiger partial charge in [-0.2, -0.15) is 5.10 Å². The third kappa shape index (κ3) is 2.28. The van der Waals surface area contributed by atoms with Crippen LogP contribution in [0, 0.1) is 5.82 Å². The Morgan fingerprint density at radius 3 is 2.72 bits per heavy atom. The molecule has 2 rings (SSSR count). The van der Waals surface area contributed by atoms with Crippen LogP contribution in [0.1, 0.15) is 0 Å². The standard InChI is InChI=1S/C10H11FN4O2S/c1-15-6-7(5-13-15)14-18(16,17)10-8(11)3-2-4-9(10)12/h2-6,14H,12H2,1H3. The molecule has 0 amide bonds. The van der Waals surface area contributed by atoms with Gasteiger partial charge in [0.2, 0.25) is 0 Å². The first-order valence-corrected chi connectivity index (χ1v) is 6.44. The first kappa shape index (κ1) is 12.4. The van der Waals surface area contributed by atoms with Crippen molar-refractivity contribution in [1.29, 1.82) is 0 Å². The molecule has 2 aromatic rings. The highest BCUT2D eigenvalue weighted by Crippen LogP contribution is 2.23. The average Bonchev–Trinajstić information content (AvgIpc) is 2.62. The van der Waals surface area contributed by atoms with Crippen LogP contribution in [0.4, 0.5) is 15.8 Å². The Morgan fingerprint density at radius 2 is 2.17 bits per heavy atom. The Balaban J connectivity index is 2.43. The van der Waals surface area contributed by atoms with Crippen LogP contribution in [0.2, 0.25) is 0 Å². The van der Waals surface area contributed by atoms with Crippen molar-refractivity contribution in [3.05, 3.63) is 36.4 Å². The first-order valence-electron chi connectivity index (χ1n) is 4.95. The number of nitrogens with one attached hydrogen (secondary N) is 1. The molecule has 3 N–H and O–H groups in total. The molecule has 0 atom stereocenters. The monoisotopic (exact) mass is 270 g/mol. The predicted octanol–water partition coefficient (Wildman–Crippen LogP) is 0.942. The molecule has 0 aliphatic rings. The van der Waals surface area contributed by atoms with Crippen LogP contribution in [0.3, 0.4) is 0 Å². The number of aryl methyl sites for hydroxylation is 1. The maximum absolute atomic E-state index is 13.5. The lowest BCUT2D eigenvalue weighted by atomic mass is 10.3. The van der Waals surface area contributed by atoms with Gasteiger partial charge in [-0.3, -0.25) is 9.40 Å². The van der Waals surface area contributed by atoms with Gasteiger partial charge in [0.15, 0.2) is 0 Å². The number of sulfonamides is 1. The zero-order chi connectivity index (χ0) is 13.3. The highest BCUT2D eigenvalue weighted by atomic mass is 32.2. The van der Waals surface area contributed by atoms with Gasteiger partial charge in [-0.25, -0.2) is 12.8 Å². The summed E-state index contributed by atoms with van der Waals surface area (Å²) in [6, 6.07) is 3.70. The molecule has 1 heterocycles. The Labute approximate surface area is 103 Å². The Morgan fingerprint density at radius 1 is 1.44 bits per heavy atom. The van der Waals surface area contributed by atoms with E-state index in [9.17, 15) is 12.8 Å². The predicted molar refractivity (Wildman–Crippen MR) is 64.8 cm³/mol. The van der Waals surface area contributed by atoms with Crippen molar-refractivity contribution in [1.82, 2.24) is 9.78 Å². The zero-order valence-electron chi connectivity index (χ0n) is 9.46. The second-order valence-corrected chi connectivity index (χ2v) is 5.29. The van der Waals surface area contributed by atoms with Crippen molar-refractivity contribution < 1.29 is 12.8 Å². The lowest BCUT2D eigenvalue weighted by Crippen LogP contribution is -2.16. The van der Waals surface area contributed by atoms with Gasteiger partial charge in [0.25, 0.3) is 10.0 Å². The highest BCUT2D eigenvalue weighted by molar-refractivity contribution is 7.92. The number of nitrogens with zero attached hydrogens (tertiary/aromatic N) is 2. The molecule has 0 spiro atoms. The Kier molecular flexibility index (Phi) is 2.95. The summed E-state index contributed by atoms with van der Waals surface area (Å²) in [6.45, 7) is 0. The normalized spacial score (nSPS) is 11.4. The minimum Gasteiger partial charge on any atom is -0.398 e. The van der Waals surface area contributed by atoms with Gasteiger partial charge in [-0.1, -0.05) is 6.07 Å². The topological polar surface area (TPSA) is 90.0 Å². The molecule has 0 radical (unpaired) electrons. The smallest absolute Gasteiger partial charge is 0.266 e. The Hall–Kier alpha value is -2.09. The molecule has 0 fully saturated rings. The zero-order valence-corrected chi connectivity index (χ0v) is 10.3. The number of rotatable bonds is 3. The molecule has 0 bridgehead atoms. The van der Waals surface area contributed by atoms with E-state index in [0.717, 1.165) is 6.07 Å². The van der Waals surface area contributed by atoms with Gasteiger partial charge < -0.3 is 5.73 Å². The second-order valence-electron chi connectivity index (χ2n) is 3.67. The highest BCUT2D eigenvalue weighted by Gasteiger charge is 2.22. The SMILES string of the molecule is Cn1cc(NS(=O)(=O)c2c(N)cccc2F)cn1. The third-order valence-corrected chi connectivity index (χ3v) is 3.70. The largest absolute Gasteiger partial charge is 0.398 e. The molecule has 18 heavy (non-hydrogen) atoms. The number of nitrogens with two attached hydrogens (primary N) is 1. The molecule has 1 aromatic heterocycles. The molecule has 1 aromatic carbocycles. The molecule has 6 nitrogen and oxygen atoms in total. The van der Waals surface area contributed by atoms with E-state index >= 15 is 0 Å². The summed E-state index contributed by atoms with van der Waals surface area (Å²) in [4.78, 5) is -0.561. The minimum absolute atomic E-state index is 0.147. The fourth-order valence-corrected chi connectivity index (χ4v) is 2.71. The maximum Gasteiger partial charge on any atom is 0.266 e.